The predicted molar refractivity (Wildman–Crippen MR) is 75.2 cm³/mol. The second kappa shape index (κ2) is 6.00. The largest absolute Gasteiger partial charge is 0.392 e. The molecule has 0 aliphatic heterocycles. The maximum absolute atomic E-state index is 12.3. The number of benzene rings is 1. The maximum Gasteiger partial charge on any atom is 0.242 e. The standard InChI is InChI=1S/C11H13BrN4O3S/c1-7(11-13-6-14-15-11)16-20(18,19)10-4-8(5-17)2-3-9(10)12/h2-4,6-7,16-17H,5H2,1H3,(H,13,14,15). The molecular formula is C11H13BrN4O3S. The van der Waals surface area contributed by atoms with Gasteiger partial charge in [0.2, 0.25) is 10.0 Å². The van der Waals surface area contributed by atoms with Gasteiger partial charge in [0, 0.05) is 4.47 Å². The molecule has 1 heterocycles. The zero-order chi connectivity index (χ0) is 14.8. The second-order valence-electron chi connectivity index (χ2n) is 4.14. The van der Waals surface area contributed by atoms with E-state index in [1.807, 2.05) is 0 Å². The van der Waals surface area contributed by atoms with Crippen molar-refractivity contribution in [3.8, 4) is 0 Å². The highest BCUT2D eigenvalue weighted by Crippen LogP contribution is 2.24. The van der Waals surface area contributed by atoms with Crippen molar-refractivity contribution in [2.75, 3.05) is 0 Å². The summed E-state index contributed by atoms with van der Waals surface area (Å²) in [4.78, 5) is 3.97. The Morgan fingerprint density at radius 3 is 2.85 bits per heavy atom. The van der Waals surface area contributed by atoms with E-state index in [1.54, 1.807) is 19.1 Å². The van der Waals surface area contributed by atoms with Crippen LogP contribution in [0.5, 0.6) is 0 Å². The second-order valence-corrected chi connectivity index (χ2v) is 6.67. The van der Waals surface area contributed by atoms with Gasteiger partial charge in [0.1, 0.15) is 12.2 Å². The van der Waals surface area contributed by atoms with E-state index in [-0.39, 0.29) is 11.5 Å². The van der Waals surface area contributed by atoms with Crippen LogP contribution in [-0.2, 0) is 16.6 Å². The summed E-state index contributed by atoms with van der Waals surface area (Å²) in [6.45, 7) is 1.43. The third-order valence-electron chi connectivity index (χ3n) is 2.64. The monoisotopic (exact) mass is 360 g/mol. The average molecular weight is 361 g/mol. The van der Waals surface area contributed by atoms with Crippen molar-refractivity contribution < 1.29 is 13.5 Å². The molecule has 1 unspecified atom stereocenters. The van der Waals surface area contributed by atoms with Crippen LogP contribution in [0.25, 0.3) is 0 Å². The molecule has 3 N–H and O–H groups in total. The quantitative estimate of drug-likeness (QED) is 0.739. The summed E-state index contributed by atoms with van der Waals surface area (Å²) in [6.07, 6.45) is 1.31. The minimum absolute atomic E-state index is 0.0652. The first-order chi connectivity index (χ1) is 9.44. The van der Waals surface area contributed by atoms with Gasteiger partial charge in [-0.1, -0.05) is 6.07 Å². The maximum atomic E-state index is 12.3. The summed E-state index contributed by atoms with van der Waals surface area (Å²) < 4.78 is 27.6. The van der Waals surface area contributed by atoms with Gasteiger partial charge < -0.3 is 5.11 Å². The number of nitrogens with zero attached hydrogens (tertiary/aromatic N) is 2. The van der Waals surface area contributed by atoms with Gasteiger partial charge >= 0.3 is 0 Å². The SMILES string of the molecule is CC(NS(=O)(=O)c1cc(CO)ccc1Br)c1ncn[nH]1. The summed E-state index contributed by atoms with van der Waals surface area (Å²) in [5.41, 5.74) is 0.515. The fourth-order valence-corrected chi connectivity index (χ4v) is 3.85. The van der Waals surface area contributed by atoms with Gasteiger partial charge in [-0.05, 0) is 40.5 Å². The van der Waals surface area contributed by atoms with Gasteiger partial charge in [0.15, 0.2) is 0 Å². The zero-order valence-electron chi connectivity index (χ0n) is 10.5. The van der Waals surface area contributed by atoms with E-state index >= 15 is 0 Å². The molecular weight excluding hydrogens is 348 g/mol. The van der Waals surface area contributed by atoms with Crippen LogP contribution in [0.4, 0.5) is 0 Å². The highest BCUT2D eigenvalue weighted by atomic mass is 79.9. The van der Waals surface area contributed by atoms with Crippen molar-refractivity contribution in [3.05, 3.63) is 40.4 Å². The minimum Gasteiger partial charge on any atom is -0.392 e. The van der Waals surface area contributed by atoms with E-state index in [1.165, 1.54) is 12.4 Å². The van der Waals surface area contributed by atoms with E-state index in [2.05, 4.69) is 35.8 Å². The Kier molecular flexibility index (Phi) is 4.53. The Bertz CT molecular complexity index is 688. The Balaban J connectivity index is 2.31. The van der Waals surface area contributed by atoms with Gasteiger partial charge in [-0.3, -0.25) is 5.10 Å². The van der Waals surface area contributed by atoms with Crippen LogP contribution in [0.2, 0.25) is 0 Å². The molecule has 20 heavy (non-hydrogen) atoms. The van der Waals surface area contributed by atoms with E-state index in [0.29, 0.717) is 15.9 Å². The first kappa shape index (κ1) is 15.1. The molecule has 0 saturated carbocycles. The fraction of sp³-hybridized carbons (Fsp3) is 0.273. The first-order valence-corrected chi connectivity index (χ1v) is 7.98. The van der Waals surface area contributed by atoms with E-state index < -0.39 is 16.1 Å². The van der Waals surface area contributed by atoms with Gasteiger partial charge in [-0.2, -0.15) is 5.10 Å². The van der Waals surface area contributed by atoms with Gasteiger partial charge in [-0.15, -0.1) is 0 Å². The van der Waals surface area contributed by atoms with Crippen LogP contribution >= 0.6 is 15.9 Å². The Labute approximate surface area is 124 Å². The molecule has 9 heteroatoms. The molecule has 0 spiro atoms. The van der Waals surface area contributed by atoms with Crippen molar-refractivity contribution in [1.82, 2.24) is 19.9 Å². The van der Waals surface area contributed by atoms with Crippen LogP contribution in [0, 0.1) is 0 Å². The van der Waals surface area contributed by atoms with Gasteiger partial charge in [0.25, 0.3) is 0 Å². The van der Waals surface area contributed by atoms with Gasteiger partial charge in [0.05, 0.1) is 17.5 Å². The fourth-order valence-electron chi connectivity index (χ4n) is 1.63. The zero-order valence-corrected chi connectivity index (χ0v) is 12.9. The average Bonchev–Trinajstić information content (AvgIpc) is 2.92. The topological polar surface area (TPSA) is 108 Å². The van der Waals surface area contributed by atoms with Crippen molar-refractivity contribution in [2.24, 2.45) is 0 Å². The number of hydrogen-bond acceptors (Lipinski definition) is 5. The van der Waals surface area contributed by atoms with Crippen LogP contribution in [-0.4, -0.2) is 28.7 Å². The number of halogens is 1. The molecule has 0 bridgehead atoms. The first-order valence-electron chi connectivity index (χ1n) is 5.71. The number of H-pyrrole nitrogens is 1. The number of nitrogens with one attached hydrogen (secondary N) is 2. The number of rotatable bonds is 5. The third kappa shape index (κ3) is 3.23. The lowest BCUT2D eigenvalue weighted by Crippen LogP contribution is -2.28. The Hall–Kier alpha value is -1.29. The van der Waals surface area contributed by atoms with Crippen LogP contribution < -0.4 is 4.72 Å². The molecule has 2 aromatic rings. The molecule has 108 valence electrons. The number of aromatic amines is 1. The summed E-state index contributed by atoms with van der Waals surface area (Å²) in [6, 6.07) is 4.09. The van der Waals surface area contributed by atoms with Crippen LogP contribution in [0.3, 0.4) is 0 Å². The van der Waals surface area contributed by atoms with E-state index in [9.17, 15) is 8.42 Å². The van der Waals surface area contributed by atoms with Crippen molar-refractivity contribution in [1.29, 1.82) is 0 Å². The lowest BCUT2D eigenvalue weighted by atomic mass is 10.2. The number of hydrogen-bond donors (Lipinski definition) is 3. The van der Waals surface area contributed by atoms with Crippen LogP contribution in [0.15, 0.2) is 33.9 Å². The Morgan fingerprint density at radius 2 is 2.25 bits per heavy atom. The third-order valence-corrected chi connectivity index (χ3v) is 5.18. The normalized spacial score (nSPS) is 13.3. The van der Waals surface area contributed by atoms with Crippen molar-refractivity contribution >= 4 is 26.0 Å². The molecule has 1 aromatic heterocycles. The molecule has 0 aliphatic carbocycles. The predicted octanol–water partition coefficient (Wildman–Crippen LogP) is 1.10. The smallest absolute Gasteiger partial charge is 0.242 e. The lowest BCUT2D eigenvalue weighted by molar-refractivity contribution is 0.281. The number of sulfonamides is 1. The van der Waals surface area contributed by atoms with Crippen molar-refractivity contribution in [3.63, 3.8) is 0 Å². The van der Waals surface area contributed by atoms with E-state index in [0.717, 1.165) is 0 Å². The highest BCUT2D eigenvalue weighted by molar-refractivity contribution is 9.10. The molecule has 1 atom stereocenters. The Morgan fingerprint density at radius 1 is 1.50 bits per heavy atom. The summed E-state index contributed by atoms with van der Waals surface area (Å²) in [5.74, 6) is 0.419. The van der Waals surface area contributed by atoms with Crippen molar-refractivity contribution in [2.45, 2.75) is 24.5 Å². The molecule has 0 saturated heterocycles. The van der Waals surface area contributed by atoms with Gasteiger partial charge in [-0.25, -0.2) is 18.1 Å². The minimum atomic E-state index is -3.74. The molecule has 7 nitrogen and oxygen atoms in total. The molecule has 0 aliphatic rings. The van der Waals surface area contributed by atoms with Crippen LogP contribution in [0.1, 0.15) is 24.4 Å². The number of aromatic nitrogens is 3. The number of aliphatic hydroxyl groups is 1. The molecule has 0 radical (unpaired) electrons. The van der Waals surface area contributed by atoms with E-state index in [4.69, 9.17) is 5.11 Å². The highest BCUT2D eigenvalue weighted by Gasteiger charge is 2.22. The lowest BCUT2D eigenvalue weighted by Gasteiger charge is -2.13. The summed E-state index contributed by atoms with van der Waals surface area (Å²) >= 11 is 3.20. The number of aliphatic hydroxyl groups excluding tert-OH is 1. The molecule has 0 fully saturated rings. The molecule has 2 rings (SSSR count). The summed E-state index contributed by atoms with van der Waals surface area (Å²) in [5, 5.41) is 15.4. The molecule has 0 amide bonds. The summed E-state index contributed by atoms with van der Waals surface area (Å²) in [7, 11) is -3.74. The molecule has 1 aromatic carbocycles.